The van der Waals surface area contributed by atoms with Crippen molar-refractivity contribution in [2.45, 2.75) is 24.6 Å². The smallest absolute Gasteiger partial charge is 0.382 e. The van der Waals surface area contributed by atoms with Gasteiger partial charge >= 0.3 is 6.18 Å². The van der Waals surface area contributed by atoms with Gasteiger partial charge in [0.25, 0.3) is 0 Å². The van der Waals surface area contributed by atoms with Crippen LogP contribution in [0.15, 0.2) is 24.7 Å². The van der Waals surface area contributed by atoms with Crippen LogP contribution < -0.4 is 4.90 Å². The van der Waals surface area contributed by atoms with Crippen molar-refractivity contribution in [3.05, 3.63) is 36.0 Å². The topological polar surface area (TPSA) is 67.1 Å². The molecule has 0 aliphatic carbocycles. The minimum atomic E-state index is -4.39. The summed E-state index contributed by atoms with van der Waals surface area (Å²) in [7, 11) is 1.71. The predicted molar refractivity (Wildman–Crippen MR) is 75.6 cm³/mol. The summed E-state index contributed by atoms with van der Waals surface area (Å²) in [5.41, 5.74) is -1.85. The van der Waals surface area contributed by atoms with E-state index in [1.54, 1.807) is 7.05 Å². The summed E-state index contributed by atoms with van der Waals surface area (Å²) in [6, 6.07) is 2.38. The molecule has 0 bridgehead atoms. The van der Waals surface area contributed by atoms with Crippen LogP contribution in [0.2, 0.25) is 0 Å². The summed E-state index contributed by atoms with van der Waals surface area (Å²) in [5.74, 6) is 0.968. The second kappa shape index (κ2) is 5.48. The number of piperidine rings is 1. The van der Waals surface area contributed by atoms with Crippen molar-refractivity contribution < 1.29 is 18.3 Å². The van der Waals surface area contributed by atoms with Gasteiger partial charge in [0.2, 0.25) is 0 Å². The van der Waals surface area contributed by atoms with E-state index < -0.39 is 17.3 Å². The Kier molecular flexibility index (Phi) is 3.75. The van der Waals surface area contributed by atoms with Crippen molar-refractivity contribution in [2.24, 2.45) is 7.05 Å². The Balaban J connectivity index is 1.71. The molecule has 1 saturated heterocycles. The van der Waals surface area contributed by atoms with Crippen molar-refractivity contribution in [2.75, 3.05) is 18.0 Å². The summed E-state index contributed by atoms with van der Waals surface area (Å²) in [5, 5.41) is 14.7. The molecule has 2 aromatic heterocycles. The number of aromatic nitrogens is 4. The van der Waals surface area contributed by atoms with Crippen LogP contribution >= 0.6 is 0 Å². The van der Waals surface area contributed by atoms with Crippen LogP contribution in [0, 0.1) is 0 Å². The van der Waals surface area contributed by atoms with E-state index in [1.165, 1.54) is 17.1 Å². The maximum Gasteiger partial charge on any atom is 0.417 e. The zero-order valence-corrected chi connectivity index (χ0v) is 12.5. The fourth-order valence-corrected chi connectivity index (χ4v) is 2.79. The van der Waals surface area contributed by atoms with Crippen molar-refractivity contribution in [1.82, 2.24) is 19.7 Å². The summed E-state index contributed by atoms with van der Waals surface area (Å²) < 4.78 is 39.2. The number of nitrogens with zero attached hydrogens (tertiary/aromatic N) is 5. The predicted octanol–water partition coefficient (Wildman–Crippen LogP) is 1.72. The molecular weight excluding hydrogens is 311 g/mol. The van der Waals surface area contributed by atoms with Crippen molar-refractivity contribution in [3.8, 4) is 0 Å². The van der Waals surface area contributed by atoms with Gasteiger partial charge in [0.15, 0.2) is 5.82 Å². The van der Waals surface area contributed by atoms with Gasteiger partial charge < -0.3 is 10.0 Å². The highest BCUT2D eigenvalue weighted by Crippen LogP contribution is 2.33. The van der Waals surface area contributed by atoms with Crippen LogP contribution in [0.4, 0.5) is 19.0 Å². The first kappa shape index (κ1) is 15.7. The average molecular weight is 327 g/mol. The molecule has 0 spiro atoms. The molecule has 0 aromatic carbocycles. The molecule has 124 valence electrons. The number of rotatable bonds is 2. The molecule has 23 heavy (non-hydrogen) atoms. The Hall–Kier alpha value is -2.16. The van der Waals surface area contributed by atoms with Crippen LogP contribution in [0.5, 0.6) is 0 Å². The van der Waals surface area contributed by atoms with E-state index in [0.29, 0.717) is 37.6 Å². The molecule has 0 amide bonds. The normalized spacial score (nSPS) is 18.2. The molecule has 0 unspecified atom stereocenters. The summed E-state index contributed by atoms with van der Waals surface area (Å²) in [6.07, 6.45) is -1.36. The van der Waals surface area contributed by atoms with Gasteiger partial charge in [-0.15, -0.1) is 0 Å². The number of hydrogen-bond donors (Lipinski definition) is 1. The quantitative estimate of drug-likeness (QED) is 0.910. The number of aryl methyl sites for hydroxylation is 1. The molecule has 0 radical (unpaired) electrons. The Bertz CT molecular complexity index is 674. The Labute approximate surface area is 130 Å². The SMILES string of the molecule is Cn1ncnc1C1(O)CCN(c2ccc(C(F)(F)F)cn2)CC1. The first-order valence-electron chi connectivity index (χ1n) is 7.15. The molecule has 9 heteroatoms. The maximum atomic E-state index is 12.6. The number of alkyl halides is 3. The number of hydrogen-bond acceptors (Lipinski definition) is 5. The first-order valence-corrected chi connectivity index (χ1v) is 7.15. The molecule has 3 heterocycles. The third-order valence-electron chi connectivity index (χ3n) is 4.12. The molecule has 0 saturated carbocycles. The zero-order chi connectivity index (χ0) is 16.7. The maximum absolute atomic E-state index is 12.6. The molecular formula is C14H16F3N5O. The van der Waals surface area contributed by atoms with E-state index in [2.05, 4.69) is 15.1 Å². The number of pyridine rings is 1. The van der Waals surface area contributed by atoms with E-state index in [4.69, 9.17) is 0 Å². The Morgan fingerprint density at radius 1 is 1.17 bits per heavy atom. The fourth-order valence-electron chi connectivity index (χ4n) is 2.79. The van der Waals surface area contributed by atoms with E-state index in [1.807, 2.05) is 4.90 Å². The van der Waals surface area contributed by atoms with Gasteiger partial charge in [-0.1, -0.05) is 0 Å². The van der Waals surface area contributed by atoms with Crippen LogP contribution in [0.3, 0.4) is 0 Å². The van der Waals surface area contributed by atoms with Crippen molar-refractivity contribution >= 4 is 5.82 Å². The van der Waals surface area contributed by atoms with Crippen LogP contribution in [-0.2, 0) is 18.8 Å². The van der Waals surface area contributed by atoms with E-state index >= 15 is 0 Å². The summed E-state index contributed by atoms with van der Waals surface area (Å²) in [6.45, 7) is 0.948. The zero-order valence-electron chi connectivity index (χ0n) is 12.5. The molecule has 1 aliphatic rings. The molecule has 3 rings (SSSR count). The molecule has 1 N–H and O–H groups in total. The van der Waals surface area contributed by atoms with E-state index in [0.717, 1.165) is 12.3 Å². The lowest BCUT2D eigenvalue weighted by atomic mass is 9.90. The second-order valence-electron chi connectivity index (χ2n) is 5.63. The molecule has 2 aromatic rings. The van der Waals surface area contributed by atoms with E-state index in [-0.39, 0.29) is 0 Å². The Morgan fingerprint density at radius 3 is 2.35 bits per heavy atom. The highest BCUT2D eigenvalue weighted by atomic mass is 19.4. The summed E-state index contributed by atoms with van der Waals surface area (Å²) >= 11 is 0. The van der Waals surface area contributed by atoms with E-state index in [9.17, 15) is 18.3 Å². The second-order valence-corrected chi connectivity index (χ2v) is 5.63. The minimum absolute atomic E-state index is 0.405. The van der Waals surface area contributed by atoms with Crippen molar-refractivity contribution in [1.29, 1.82) is 0 Å². The van der Waals surface area contributed by atoms with Gasteiger partial charge in [-0.05, 0) is 12.1 Å². The summed E-state index contributed by atoms with van der Waals surface area (Å²) in [4.78, 5) is 9.83. The first-order chi connectivity index (χ1) is 10.8. The molecule has 1 aliphatic heterocycles. The lowest BCUT2D eigenvalue weighted by molar-refractivity contribution is -0.137. The standard InChI is InChI=1S/C14H16F3N5O/c1-21-12(19-9-20-21)13(23)4-6-22(7-5-13)11-3-2-10(8-18-11)14(15,16)17/h2-3,8-9,23H,4-7H2,1H3. The molecule has 1 fully saturated rings. The average Bonchev–Trinajstić information content (AvgIpc) is 2.94. The number of aliphatic hydroxyl groups is 1. The minimum Gasteiger partial charge on any atom is -0.382 e. The van der Waals surface area contributed by atoms with Gasteiger partial charge in [-0.2, -0.15) is 18.3 Å². The van der Waals surface area contributed by atoms with Gasteiger partial charge in [0, 0.05) is 39.2 Å². The lowest BCUT2D eigenvalue weighted by Crippen LogP contribution is -2.44. The lowest BCUT2D eigenvalue weighted by Gasteiger charge is -2.37. The van der Waals surface area contributed by atoms with Crippen molar-refractivity contribution in [3.63, 3.8) is 0 Å². The van der Waals surface area contributed by atoms with Crippen LogP contribution in [-0.4, -0.2) is 37.9 Å². The Morgan fingerprint density at radius 2 is 1.87 bits per heavy atom. The van der Waals surface area contributed by atoms with Gasteiger partial charge in [0.1, 0.15) is 17.7 Å². The fraction of sp³-hybridized carbons (Fsp3) is 0.500. The van der Waals surface area contributed by atoms with Gasteiger partial charge in [-0.25, -0.2) is 9.97 Å². The monoisotopic (exact) mass is 327 g/mol. The molecule has 0 atom stereocenters. The third kappa shape index (κ3) is 3.00. The highest BCUT2D eigenvalue weighted by Gasteiger charge is 2.38. The number of anilines is 1. The molecule has 6 nitrogen and oxygen atoms in total. The third-order valence-corrected chi connectivity index (χ3v) is 4.12. The van der Waals surface area contributed by atoms with Gasteiger partial charge in [-0.3, -0.25) is 4.68 Å². The van der Waals surface area contributed by atoms with Crippen LogP contribution in [0.1, 0.15) is 24.2 Å². The number of halogens is 3. The largest absolute Gasteiger partial charge is 0.417 e. The highest BCUT2D eigenvalue weighted by molar-refractivity contribution is 5.40. The van der Waals surface area contributed by atoms with Gasteiger partial charge in [0.05, 0.1) is 5.56 Å². The van der Waals surface area contributed by atoms with Crippen LogP contribution in [0.25, 0.3) is 0 Å².